The Labute approximate surface area is 198 Å². The van der Waals surface area contributed by atoms with E-state index in [1.807, 2.05) is 6.92 Å². The Kier molecular flexibility index (Phi) is 6.78. The highest BCUT2D eigenvalue weighted by Crippen LogP contribution is 2.60. The van der Waals surface area contributed by atoms with E-state index in [-0.39, 0.29) is 12.7 Å². The Hall–Kier alpha value is -2.75. The molecule has 190 valence electrons. The van der Waals surface area contributed by atoms with Crippen LogP contribution < -0.4 is 4.74 Å². The quantitative estimate of drug-likeness (QED) is 0.325. The summed E-state index contributed by atoms with van der Waals surface area (Å²) < 4.78 is 106. The van der Waals surface area contributed by atoms with Crippen molar-refractivity contribution in [3.8, 4) is 16.9 Å². The van der Waals surface area contributed by atoms with Gasteiger partial charge >= 0.3 is 17.8 Å². The lowest BCUT2D eigenvalue weighted by molar-refractivity contribution is -0.227. The molecule has 1 saturated carbocycles. The first-order chi connectivity index (χ1) is 16.5. The van der Waals surface area contributed by atoms with Gasteiger partial charge < -0.3 is 14.2 Å². The summed E-state index contributed by atoms with van der Waals surface area (Å²) in [6.45, 7) is 3.78. The zero-order valence-corrected chi connectivity index (χ0v) is 19.1. The molecule has 0 unspecified atom stereocenters. The number of benzene rings is 2. The zero-order valence-electron chi connectivity index (χ0n) is 19.1. The lowest BCUT2D eigenvalue weighted by atomic mass is 9.79. The monoisotopic (exact) mass is 502 g/mol. The summed E-state index contributed by atoms with van der Waals surface area (Å²) >= 11 is 0. The van der Waals surface area contributed by atoms with Gasteiger partial charge in [-0.1, -0.05) is 6.07 Å². The van der Waals surface area contributed by atoms with Crippen molar-refractivity contribution in [3.05, 3.63) is 52.6 Å². The molecule has 0 amide bonds. The maximum Gasteiger partial charge on any atom is 0.343 e. The second-order valence-electron chi connectivity index (χ2n) is 8.49. The van der Waals surface area contributed by atoms with Gasteiger partial charge in [-0.3, -0.25) is 0 Å². The standard InChI is InChI=1S/C25H24F6O4/c1-3-33-13-5-7-14(8-6-13)35-23(32)17-10-9-15-16-11-12-18(34-4-2)22(27)20(16)25(30,31)24(28,29)19(15)21(17)26/h9-14H,3-8H2,1-2H3. The summed E-state index contributed by atoms with van der Waals surface area (Å²) in [5.41, 5.74) is -5.38. The van der Waals surface area contributed by atoms with Crippen molar-refractivity contribution in [2.24, 2.45) is 0 Å². The molecule has 0 heterocycles. The first-order valence-corrected chi connectivity index (χ1v) is 11.4. The summed E-state index contributed by atoms with van der Waals surface area (Å²) in [4.78, 5) is 12.6. The van der Waals surface area contributed by atoms with Crippen LogP contribution in [-0.2, 0) is 21.3 Å². The Morgan fingerprint density at radius 3 is 1.94 bits per heavy atom. The molecule has 0 atom stereocenters. The molecule has 4 rings (SSSR count). The predicted molar refractivity (Wildman–Crippen MR) is 114 cm³/mol. The van der Waals surface area contributed by atoms with Gasteiger partial charge in [-0.05, 0) is 68.9 Å². The molecule has 0 radical (unpaired) electrons. The Bertz CT molecular complexity index is 1130. The number of esters is 1. The number of carbonyl (C=O) groups is 1. The van der Waals surface area contributed by atoms with Crippen LogP contribution in [-0.4, -0.2) is 31.4 Å². The SMILES string of the molecule is CCOc1ccc2c(c1F)C(F)(F)C(F)(F)c1c-2ccc(C(=O)OC2CCC(OCC)CC2)c1F. The molecule has 0 saturated heterocycles. The van der Waals surface area contributed by atoms with Crippen molar-refractivity contribution in [2.45, 2.75) is 63.6 Å². The molecule has 2 aliphatic carbocycles. The van der Waals surface area contributed by atoms with E-state index in [1.165, 1.54) is 6.92 Å². The normalized spacial score (nSPS) is 22.2. The van der Waals surface area contributed by atoms with Crippen LogP contribution in [0.25, 0.3) is 11.1 Å². The van der Waals surface area contributed by atoms with E-state index >= 15 is 13.2 Å². The highest BCUT2D eigenvalue weighted by atomic mass is 19.3. The largest absolute Gasteiger partial charge is 0.491 e. The van der Waals surface area contributed by atoms with Gasteiger partial charge in [0.05, 0.1) is 29.4 Å². The molecule has 10 heteroatoms. The summed E-state index contributed by atoms with van der Waals surface area (Å²) in [5.74, 6) is -15.6. The molecule has 0 aromatic heterocycles. The maximum absolute atomic E-state index is 15.3. The van der Waals surface area contributed by atoms with Gasteiger partial charge in [0.2, 0.25) is 0 Å². The molecule has 2 aromatic carbocycles. The third-order valence-electron chi connectivity index (χ3n) is 6.38. The van der Waals surface area contributed by atoms with Crippen molar-refractivity contribution < 1.29 is 45.3 Å². The van der Waals surface area contributed by atoms with Crippen molar-refractivity contribution in [2.75, 3.05) is 13.2 Å². The minimum Gasteiger partial charge on any atom is -0.491 e. The number of halogens is 6. The van der Waals surface area contributed by atoms with Crippen LogP contribution >= 0.6 is 0 Å². The lowest BCUT2D eigenvalue weighted by Gasteiger charge is -2.35. The van der Waals surface area contributed by atoms with Crippen LogP contribution in [0.2, 0.25) is 0 Å². The van der Waals surface area contributed by atoms with Gasteiger partial charge in [-0.25, -0.2) is 13.6 Å². The van der Waals surface area contributed by atoms with Gasteiger partial charge in [0, 0.05) is 6.61 Å². The number of carbonyl (C=O) groups excluding carboxylic acids is 1. The van der Waals surface area contributed by atoms with Crippen molar-refractivity contribution >= 4 is 5.97 Å². The fourth-order valence-corrected chi connectivity index (χ4v) is 4.70. The molecule has 2 aliphatic rings. The molecular weight excluding hydrogens is 478 g/mol. The first kappa shape index (κ1) is 25.3. The third-order valence-corrected chi connectivity index (χ3v) is 6.38. The zero-order chi connectivity index (χ0) is 25.5. The van der Waals surface area contributed by atoms with Crippen LogP contribution in [0.15, 0.2) is 24.3 Å². The number of ether oxygens (including phenoxy) is 3. The second kappa shape index (κ2) is 9.37. The summed E-state index contributed by atoms with van der Waals surface area (Å²) in [6, 6.07) is 3.78. The molecule has 0 spiro atoms. The smallest absolute Gasteiger partial charge is 0.343 e. The number of alkyl halides is 4. The minimum atomic E-state index is -5.14. The Morgan fingerprint density at radius 2 is 1.37 bits per heavy atom. The molecule has 2 aromatic rings. The van der Waals surface area contributed by atoms with E-state index in [1.54, 1.807) is 0 Å². The van der Waals surface area contributed by atoms with Crippen molar-refractivity contribution in [1.29, 1.82) is 0 Å². The van der Waals surface area contributed by atoms with Crippen LogP contribution in [0.3, 0.4) is 0 Å². The lowest BCUT2D eigenvalue weighted by Crippen LogP contribution is -2.41. The average molecular weight is 502 g/mol. The van der Waals surface area contributed by atoms with Gasteiger partial charge in [0.1, 0.15) is 11.9 Å². The van der Waals surface area contributed by atoms with E-state index in [0.29, 0.717) is 32.3 Å². The summed E-state index contributed by atoms with van der Waals surface area (Å²) in [6.07, 6.45) is 1.52. The second-order valence-corrected chi connectivity index (χ2v) is 8.49. The minimum absolute atomic E-state index is 0.0139. The average Bonchev–Trinajstić information content (AvgIpc) is 2.80. The molecule has 1 fully saturated rings. The first-order valence-electron chi connectivity index (χ1n) is 11.4. The third kappa shape index (κ3) is 4.15. The molecular formula is C25H24F6O4. The summed E-state index contributed by atoms with van der Waals surface area (Å²) in [5, 5.41) is 0. The van der Waals surface area contributed by atoms with Crippen LogP contribution in [0.5, 0.6) is 5.75 Å². The van der Waals surface area contributed by atoms with Crippen LogP contribution in [0, 0.1) is 11.6 Å². The maximum atomic E-state index is 15.3. The van der Waals surface area contributed by atoms with E-state index in [2.05, 4.69) is 0 Å². The number of hydrogen-bond acceptors (Lipinski definition) is 4. The van der Waals surface area contributed by atoms with E-state index in [4.69, 9.17) is 14.2 Å². The topological polar surface area (TPSA) is 44.8 Å². The van der Waals surface area contributed by atoms with E-state index in [9.17, 15) is 18.0 Å². The molecule has 0 N–H and O–H groups in total. The fourth-order valence-electron chi connectivity index (χ4n) is 4.70. The number of fused-ring (bicyclic) bond motifs is 3. The van der Waals surface area contributed by atoms with Gasteiger partial charge in [0.25, 0.3) is 0 Å². The van der Waals surface area contributed by atoms with Gasteiger partial charge in [0.15, 0.2) is 11.6 Å². The van der Waals surface area contributed by atoms with Crippen molar-refractivity contribution in [1.82, 2.24) is 0 Å². The summed E-state index contributed by atoms with van der Waals surface area (Å²) in [7, 11) is 0. The van der Waals surface area contributed by atoms with Gasteiger partial charge in [-0.2, -0.15) is 17.6 Å². The molecule has 0 bridgehead atoms. The van der Waals surface area contributed by atoms with Crippen molar-refractivity contribution in [3.63, 3.8) is 0 Å². The van der Waals surface area contributed by atoms with E-state index < -0.39 is 69.1 Å². The number of hydrogen-bond donors (Lipinski definition) is 0. The molecule has 0 aliphatic heterocycles. The molecule has 4 nitrogen and oxygen atoms in total. The highest BCUT2D eigenvalue weighted by molar-refractivity contribution is 5.92. The predicted octanol–water partition coefficient (Wildman–Crippen LogP) is 6.73. The fraction of sp³-hybridized carbons (Fsp3) is 0.480. The number of rotatable bonds is 6. The van der Waals surface area contributed by atoms with Crippen LogP contribution in [0.1, 0.15) is 61.0 Å². The molecule has 35 heavy (non-hydrogen) atoms. The van der Waals surface area contributed by atoms with Gasteiger partial charge in [-0.15, -0.1) is 0 Å². The Morgan fingerprint density at radius 1 is 0.829 bits per heavy atom. The van der Waals surface area contributed by atoms with Crippen LogP contribution in [0.4, 0.5) is 26.3 Å². The highest BCUT2D eigenvalue weighted by Gasteiger charge is 2.65. The Balaban J connectivity index is 1.71. The van der Waals surface area contributed by atoms with E-state index in [0.717, 1.165) is 24.3 Å².